The number of nitrogens with zero attached hydrogens (tertiary/aromatic N) is 1. The van der Waals surface area contributed by atoms with E-state index < -0.39 is 5.92 Å². The van der Waals surface area contributed by atoms with E-state index in [1.807, 2.05) is 24.4 Å². The van der Waals surface area contributed by atoms with Crippen molar-refractivity contribution in [3.63, 3.8) is 0 Å². The van der Waals surface area contributed by atoms with Gasteiger partial charge in [-0.2, -0.15) is 5.26 Å². The molecule has 0 spiro atoms. The van der Waals surface area contributed by atoms with Gasteiger partial charge in [-0.1, -0.05) is 26.3 Å². The van der Waals surface area contributed by atoms with Crippen LogP contribution in [0.15, 0.2) is 17.5 Å². The molecule has 1 aromatic heterocycles. The van der Waals surface area contributed by atoms with Gasteiger partial charge in [0.25, 0.3) is 0 Å². The zero-order chi connectivity index (χ0) is 11.3. The zero-order valence-corrected chi connectivity index (χ0v) is 9.88. The van der Waals surface area contributed by atoms with Crippen LogP contribution in [0.3, 0.4) is 0 Å². The maximum Gasteiger partial charge on any atom is 0.158 e. The lowest BCUT2D eigenvalue weighted by atomic mass is 9.91. The number of thiophene rings is 1. The van der Waals surface area contributed by atoms with E-state index in [9.17, 15) is 4.79 Å². The third-order valence-corrected chi connectivity index (χ3v) is 3.39. The lowest BCUT2D eigenvalue weighted by Crippen LogP contribution is -2.18. The molecule has 0 saturated carbocycles. The first-order valence-electron chi connectivity index (χ1n) is 5.17. The molecule has 0 aliphatic carbocycles. The summed E-state index contributed by atoms with van der Waals surface area (Å²) >= 11 is 1.48. The Morgan fingerprint density at radius 3 is 2.87 bits per heavy atom. The van der Waals surface area contributed by atoms with E-state index >= 15 is 0 Å². The molecule has 0 aromatic carbocycles. The molecule has 0 amide bonds. The molecule has 1 rings (SSSR count). The molecule has 2 nitrogen and oxygen atoms in total. The van der Waals surface area contributed by atoms with Crippen molar-refractivity contribution in [3.05, 3.63) is 22.4 Å². The minimum Gasteiger partial charge on any atom is -0.298 e. The molecule has 0 fully saturated rings. The minimum absolute atomic E-state index is 0.0123. The van der Waals surface area contributed by atoms with Gasteiger partial charge in [-0.05, 0) is 17.9 Å². The number of nitriles is 1. The SMILES string of the molecule is CCCC(C)C(=O)C(C#N)c1cccs1. The molecule has 2 unspecified atom stereocenters. The largest absolute Gasteiger partial charge is 0.298 e. The predicted octanol–water partition coefficient (Wildman–Crippen LogP) is 3.36. The first-order chi connectivity index (χ1) is 7.20. The van der Waals surface area contributed by atoms with Gasteiger partial charge in [-0.3, -0.25) is 4.79 Å². The summed E-state index contributed by atoms with van der Waals surface area (Å²) in [5, 5.41) is 10.9. The van der Waals surface area contributed by atoms with Crippen LogP contribution >= 0.6 is 11.3 Å². The van der Waals surface area contributed by atoms with Gasteiger partial charge in [0.1, 0.15) is 5.92 Å². The fourth-order valence-electron chi connectivity index (χ4n) is 1.58. The van der Waals surface area contributed by atoms with Crippen molar-refractivity contribution in [2.75, 3.05) is 0 Å². The number of hydrogen-bond acceptors (Lipinski definition) is 3. The van der Waals surface area contributed by atoms with Gasteiger partial charge < -0.3 is 0 Å². The normalized spacial score (nSPS) is 14.2. The summed E-state index contributed by atoms with van der Waals surface area (Å²) in [5.74, 6) is -0.518. The van der Waals surface area contributed by atoms with Gasteiger partial charge in [-0.25, -0.2) is 0 Å². The second kappa shape index (κ2) is 5.67. The third kappa shape index (κ3) is 2.90. The smallest absolute Gasteiger partial charge is 0.158 e. The zero-order valence-electron chi connectivity index (χ0n) is 9.06. The molecule has 0 aliphatic heterocycles. The highest BCUT2D eigenvalue weighted by Crippen LogP contribution is 2.25. The second-order valence-corrected chi connectivity index (χ2v) is 4.65. The highest BCUT2D eigenvalue weighted by atomic mass is 32.1. The van der Waals surface area contributed by atoms with Crippen LogP contribution in [0, 0.1) is 17.2 Å². The molecule has 80 valence electrons. The molecule has 0 saturated heterocycles. The lowest BCUT2D eigenvalue weighted by Gasteiger charge is -2.12. The molecule has 1 heterocycles. The standard InChI is InChI=1S/C12H15NOS/c1-3-5-9(2)12(14)10(8-13)11-6-4-7-15-11/h4,6-7,9-10H,3,5H2,1-2H3. The summed E-state index contributed by atoms with van der Waals surface area (Å²) in [5.41, 5.74) is 0. The Morgan fingerprint density at radius 1 is 1.67 bits per heavy atom. The second-order valence-electron chi connectivity index (χ2n) is 3.67. The maximum absolute atomic E-state index is 11.9. The predicted molar refractivity (Wildman–Crippen MR) is 61.8 cm³/mol. The van der Waals surface area contributed by atoms with E-state index in [0.29, 0.717) is 0 Å². The average Bonchev–Trinajstić information content (AvgIpc) is 2.72. The maximum atomic E-state index is 11.9. The van der Waals surface area contributed by atoms with Gasteiger partial charge in [0.05, 0.1) is 6.07 Å². The lowest BCUT2D eigenvalue weighted by molar-refractivity contribution is -0.122. The highest BCUT2D eigenvalue weighted by Gasteiger charge is 2.25. The van der Waals surface area contributed by atoms with E-state index in [1.165, 1.54) is 11.3 Å². The Balaban J connectivity index is 2.77. The third-order valence-electron chi connectivity index (χ3n) is 2.45. The quantitative estimate of drug-likeness (QED) is 0.765. The first kappa shape index (κ1) is 11.9. The summed E-state index contributed by atoms with van der Waals surface area (Å²) in [4.78, 5) is 12.8. The average molecular weight is 221 g/mol. The number of rotatable bonds is 5. The molecule has 1 aromatic rings. The van der Waals surface area contributed by atoms with Crippen molar-refractivity contribution < 1.29 is 4.79 Å². The van der Waals surface area contributed by atoms with E-state index in [-0.39, 0.29) is 11.7 Å². The van der Waals surface area contributed by atoms with Gasteiger partial charge in [0.2, 0.25) is 0 Å². The Hall–Kier alpha value is -1.14. The minimum atomic E-state index is -0.563. The fraction of sp³-hybridized carbons (Fsp3) is 0.500. The van der Waals surface area contributed by atoms with Crippen molar-refractivity contribution in [3.8, 4) is 6.07 Å². The van der Waals surface area contributed by atoms with Crippen LogP contribution in [0.2, 0.25) is 0 Å². The molecule has 3 heteroatoms. The summed E-state index contributed by atoms with van der Waals surface area (Å²) < 4.78 is 0. The number of Topliss-reactive ketones (excluding diaryl/α,β-unsaturated/α-hetero) is 1. The van der Waals surface area contributed by atoms with Crippen molar-refractivity contribution >= 4 is 17.1 Å². The van der Waals surface area contributed by atoms with Crippen molar-refractivity contribution in [2.45, 2.75) is 32.6 Å². The van der Waals surface area contributed by atoms with E-state index in [2.05, 4.69) is 13.0 Å². The van der Waals surface area contributed by atoms with Crippen LogP contribution in [0.4, 0.5) is 0 Å². The van der Waals surface area contributed by atoms with Crippen LogP contribution < -0.4 is 0 Å². The molecular weight excluding hydrogens is 206 g/mol. The Morgan fingerprint density at radius 2 is 2.40 bits per heavy atom. The van der Waals surface area contributed by atoms with Crippen LogP contribution in [0.25, 0.3) is 0 Å². The molecule has 2 atom stereocenters. The van der Waals surface area contributed by atoms with E-state index in [1.54, 1.807) is 0 Å². The number of hydrogen-bond donors (Lipinski definition) is 0. The molecular formula is C12H15NOS. The van der Waals surface area contributed by atoms with Gasteiger partial charge in [0, 0.05) is 10.8 Å². The van der Waals surface area contributed by atoms with Crippen LogP contribution in [-0.4, -0.2) is 5.78 Å². The molecule has 15 heavy (non-hydrogen) atoms. The summed E-state index contributed by atoms with van der Waals surface area (Å²) in [7, 11) is 0. The number of carbonyl (C=O) groups excluding carboxylic acids is 1. The first-order valence-corrected chi connectivity index (χ1v) is 6.05. The van der Waals surface area contributed by atoms with Crippen molar-refractivity contribution in [2.24, 2.45) is 5.92 Å². The Kier molecular flexibility index (Phi) is 4.51. The monoisotopic (exact) mass is 221 g/mol. The van der Waals surface area contributed by atoms with Crippen LogP contribution in [0.5, 0.6) is 0 Å². The summed E-state index contributed by atoms with van der Waals surface area (Å²) in [6.45, 7) is 3.96. The number of ketones is 1. The number of carbonyl (C=O) groups is 1. The fourth-order valence-corrected chi connectivity index (χ4v) is 2.36. The Labute approximate surface area is 94.5 Å². The van der Waals surface area contributed by atoms with Gasteiger partial charge >= 0.3 is 0 Å². The molecule has 0 N–H and O–H groups in total. The summed E-state index contributed by atoms with van der Waals surface area (Å²) in [6, 6.07) is 5.84. The van der Waals surface area contributed by atoms with E-state index in [4.69, 9.17) is 5.26 Å². The van der Waals surface area contributed by atoms with E-state index in [0.717, 1.165) is 17.7 Å². The molecule has 0 aliphatic rings. The highest BCUT2D eigenvalue weighted by molar-refractivity contribution is 7.10. The van der Waals surface area contributed by atoms with Crippen LogP contribution in [0.1, 0.15) is 37.5 Å². The van der Waals surface area contributed by atoms with Crippen molar-refractivity contribution in [1.29, 1.82) is 5.26 Å². The molecule has 0 radical (unpaired) electrons. The Bertz CT molecular complexity index is 350. The molecule has 0 bridgehead atoms. The van der Waals surface area contributed by atoms with Crippen molar-refractivity contribution in [1.82, 2.24) is 0 Å². The van der Waals surface area contributed by atoms with Gasteiger partial charge in [0.15, 0.2) is 5.78 Å². The van der Waals surface area contributed by atoms with Crippen LogP contribution in [-0.2, 0) is 4.79 Å². The topological polar surface area (TPSA) is 40.9 Å². The summed E-state index contributed by atoms with van der Waals surface area (Å²) in [6.07, 6.45) is 1.85. The van der Waals surface area contributed by atoms with Gasteiger partial charge in [-0.15, -0.1) is 11.3 Å².